The van der Waals surface area contributed by atoms with Crippen molar-refractivity contribution in [1.82, 2.24) is 14.7 Å². The molecule has 6 heteroatoms. The number of piperazine rings is 1. The lowest BCUT2D eigenvalue weighted by molar-refractivity contribution is -0.135. The molecule has 5 nitrogen and oxygen atoms in total. The van der Waals surface area contributed by atoms with Gasteiger partial charge in [-0.15, -0.1) is 11.3 Å². The van der Waals surface area contributed by atoms with E-state index in [0.717, 1.165) is 52.2 Å². The lowest BCUT2D eigenvalue weighted by Crippen LogP contribution is -2.47. The molecule has 0 saturated carbocycles. The van der Waals surface area contributed by atoms with Crippen molar-refractivity contribution in [2.45, 2.75) is 31.6 Å². The summed E-state index contributed by atoms with van der Waals surface area (Å²) in [7, 11) is 2.12. The third-order valence-electron chi connectivity index (χ3n) is 5.61. The summed E-state index contributed by atoms with van der Waals surface area (Å²) in [4.78, 5) is 20.7. The molecule has 1 aromatic rings. The Morgan fingerprint density at radius 2 is 2.12 bits per heavy atom. The highest BCUT2D eigenvalue weighted by Crippen LogP contribution is 2.35. The number of hydrogen-bond acceptors (Lipinski definition) is 5. The van der Waals surface area contributed by atoms with Gasteiger partial charge in [0.25, 0.3) is 0 Å². The number of ether oxygens (including phenoxy) is 1. The second kappa shape index (κ2) is 7.12. The molecule has 4 heterocycles. The predicted octanol–water partition coefficient (Wildman–Crippen LogP) is 1.50. The molecule has 3 fully saturated rings. The second-order valence-corrected chi connectivity index (χ2v) is 8.49. The first-order valence-electron chi connectivity index (χ1n) is 9.04. The van der Waals surface area contributed by atoms with Crippen molar-refractivity contribution in [2.24, 2.45) is 5.92 Å². The largest absolute Gasteiger partial charge is 0.373 e. The van der Waals surface area contributed by atoms with Crippen LogP contribution in [0.2, 0.25) is 0 Å². The number of amides is 1. The fourth-order valence-electron chi connectivity index (χ4n) is 4.21. The summed E-state index contributed by atoms with van der Waals surface area (Å²) in [6.45, 7) is 6.87. The van der Waals surface area contributed by atoms with Crippen LogP contribution in [-0.2, 0) is 16.1 Å². The first-order chi connectivity index (χ1) is 11.7. The van der Waals surface area contributed by atoms with Crippen molar-refractivity contribution in [3.8, 4) is 0 Å². The van der Waals surface area contributed by atoms with E-state index in [1.54, 1.807) is 0 Å². The highest BCUT2D eigenvalue weighted by molar-refractivity contribution is 7.09. The van der Waals surface area contributed by atoms with E-state index < -0.39 is 0 Å². The Bertz CT molecular complexity index is 543. The van der Waals surface area contributed by atoms with Gasteiger partial charge in [0.2, 0.25) is 5.91 Å². The maximum absolute atomic E-state index is 12.5. The highest BCUT2D eigenvalue weighted by atomic mass is 32.1. The van der Waals surface area contributed by atoms with Crippen molar-refractivity contribution in [1.29, 1.82) is 0 Å². The van der Waals surface area contributed by atoms with Crippen LogP contribution < -0.4 is 0 Å². The number of thiophene rings is 1. The molecular weight excluding hydrogens is 322 g/mol. The van der Waals surface area contributed by atoms with E-state index in [2.05, 4.69) is 34.4 Å². The van der Waals surface area contributed by atoms with Gasteiger partial charge < -0.3 is 14.5 Å². The van der Waals surface area contributed by atoms with E-state index in [9.17, 15) is 4.79 Å². The average molecular weight is 350 g/mol. The molecule has 132 valence electrons. The van der Waals surface area contributed by atoms with Crippen molar-refractivity contribution < 1.29 is 9.53 Å². The minimum atomic E-state index is 0.135. The van der Waals surface area contributed by atoms with Crippen molar-refractivity contribution in [3.05, 3.63) is 22.4 Å². The monoisotopic (exact) mass is 349 g/mol. The molecular formula is C18H27N3O2S. The quantitative estimate of drug-likeness (QED) is 0.825. The molecule has 24 heavy (non-hydrogen) atoms. The number of carbonyl (C=O) groups is 1. The molecule has 0 radical (unpaired) electrons. The maximum atomic E-state index is 12.5. The fraction of sp³-hybridized carbons (Fsp3) is 0.722. The predicted molar refractivity (Wildman–Crippen MR) is 95.1 cm³/mol. The average Bonchev–Trinajstić information content (AvgIpc) is 3.25. The van der Waals surface area contributed by atoms with Gasteiger partial charge in [0.05, 0.1) is 18.6 Å². The Morgan fingerprint density at radius 3 is 2.83 bits per heavy atom. The van der Waals surface area contributed by atoms with Gasteiger partial charge in [-0.25, -0.2) is 0 Å². The zero-order chi connectivity index (χ0) is 16.5. The van der Waals surface area contributed by atoms with Gasteiger partial charge in [0.15, 0.2) is 0 Å². The number of carbonyl (C=O) groups excluding carboxylic acids is 1. The second-order valence-electron chi connectivity index (χ2n) is 7.45. The van der Waals surface area contributed by atoms with Gasteiger partial charge in [-0.05, 0) is 24.9 Å². The van der Waals surface area contributed by atoms with E-state index in [1.807, 2.05) is 16.2 Å². The Hall–Kier alpha value is -0.950. The van der Waals surface area contributed by atoms with Gasteiger partial charge in [0, 0.05) is 56.6 Å². The number of fused-ring (bicyclic) bond motifs is 1. The molecule has 0 bridgehead atoms. The van der Waals surface area contributed by atoms with Crippen LogP contribution in [0.25, 0.3) is 0 Å². The zero-order valence-corrected chi connectivity index (χ0v) is 15.2. The first-order valence-corrected chi connectivity index (χ1v) is 9.92. The topological polar surface area (TPSA) is 36.0 Å². The number of hydrogen-bond donors (Lipinski definition) is 0. The molecule has 3 aliphatic heterocycles. The van der Waals surface area contributed by atoms with Crippen LogP contribution in [0.5, 0.6) is 0 Å². The van der Waals surface area contributed by atoms with E-state index in [1.165, 1.54) is 4.88 Å². The van der Waals surface area contributed by atoms with Gasteiger partial charge in [0.1, 0.15) is 0 Å². The maximum Gasteiger partial charge on any atom is 0.225 e. The first kappa shape index (κ1) is 16.5. The van der Waals surface area contributed by atoms with E-state index >= 15 is 0 Å². The minimum absolute atomic E-state index is 0.135. The summed E-state index contributed by atoms with van der Waals surface area (Å²) < 4.78 is 6.22. The van der Waals surface area contributed by atoms with Crippen LogP contribution >= 0.6 is 11.3 Å². The van der Waals surface area contributed by atoms with E-state index in [0.29, 0.717) is 18.4 Å². The van der Waals surface area contributed by atoms with Gasteiger partial charge in [-0.1, -0.05) is 6.07 Å². The van der Waals surface area contributed by atoms with Crippen molar-refractivity contribution in [3.63, 3.8) is 0 Å². The standard InChI is InChI=1S/C18H27N3O2S/c1-19-4-6-21(7-5-19)18(22)10-15-9-14-11-20(13-17(14)23-15)12-16-3-2-8-24-16/h2-3,8,14-15,17H,4-7,9-13H2,1H3/t14-,15+,17+/m0/s1. The molecule has 0 spiro atoms. The number of rotatable bonds is 4. The fourth-order valence-corrected chi connectivity index (χ4v) is 4.96. The highest BCUT2D eigenvalue weighted by Gasteiger charge is 2.42. The normalized spacial score (nSPS) is 31.5. The summed E-state index contributed by atoms with van der Waals surface area (Å²) in [6, 6.07) is 4.32. The number of likely N-dealkylation sites (tertiary alicyclic amines) is 1. The minimum Gasteiger partial charge on any atom is -0.373 e. The molecule has 3 atom stereocenters. The van der Waals surface area contributed by atoms with Gasteiger partial charge >= 0.3 is 0 Å². The van der Waals surface area contributed by atoms with Gasteiger partial charge in [-0.2, -0.15) is 0 Å². The molecule has 3 aliphatic rings. The van der Waals surface area contributed by atoms with Crippen LogP contribution in [-0.4, -0.2) is 79.1 Å². The number of likely N-dealkylation sites (N-methyl/N-ethyl adjacent to an activating group) is 1. The van der Waals surface area contributed by atoms with Crippen LogP contribution in [0.1, 0.15) is 17.7 Å². The lowest BCUT2D eigenvalue weighted by atomic mass is 10.0. The third-order valence-corrected chi connectivity index (χ3v) is 6.47. The molecule has 0 unspecified atom stereocenters. The molecule has 0 aromatic carbocycles. The van der Waals surface area contributed by atoms with Crippen molar-refractivity contribution in [2.75, 3.05) is 46.3 Å². The summed E-state index contributed by atoms with van der Waals surface area (Å²) in [6.07, 6.45) is 2.08. The summed E-state index contributed by atoms with van der Waals surface area (Å²) in [5.41, 5.74) is 0. The zero-order valence-electron chi connectivity index (χ0n) is 14.4. The lowest BCUT2D eigenvalue weighted by Gasteiger charge is -2.33. The molecule has 3 saturated heterocycles. The summed E-state index contributed by atoms with van der Waals surface area (Å²) in [5.74, 6) is 0.888. The van der Waals surface area contributed by atoms with Gasteiger partial charge in [-0.3, -0.25) is 9.69 Å². The Labute approximate surface area is 148 Å². The van der Waals surface area contributed by atoms with Crippen LogP contribution in [0.4, 0.5) is 0 Å². The molecule has 1 aromatic heterocycles. The third kappa shape index (κ3) is 3.67. The number of nitrogens with zero attached hydrogens (tertiary/aromatic N) is 3. The SMILES string of the molecule is CN1CCN(C(=O)C[C@H]2C[C@H]3CN(Cc4cccs4)C[C@H]3O2)CC1. The van der Waals surface area contributed by atoms with E-state index in [-0.39, 0.29) is 12.0 Å². The van der Waals surface area contributed by atoms with Crippen LogP contribution in [0.15, 0.2) is 17.5 Å². The smallest absolute Gasteiger partial charge is 0.225 e. The molecule has 0 aliphatic carbocycles. The summed E-state index contributed by atoms with van der Waals surface area (Å²) >= 11 is 1.83. The Morgan fingerprint density at radius 1 is 1.29 bits per heavy atom. The van der Waals surface area contributed by atoms with Crippen molar-refractivity contribution >= 4 is 17.2 Å². The summed E-state index contributed by atoms with van der Waals surface area (Å²) in [5, 5.41) is 2.14. The molecule has 4 rings (SSSR count). The molecule has 0 N–H and O–H groups in total. The van der Waals surface area contributed by atoms with E-state index in [4.69, 9.17) is 4.74 Å². The van der Waals surface area contributed by atoms with Crippen LogP contribution in [0.3, 0.4) is 0 Å². The Kier molecular flexibility index (Phi) is 4.90. The van der Waals surface area contributed by atoms with Crippen LogP contribution in [0, 0.1) is 5.92 Å². The molecule has 1 amide bonds. The Balaban J connectivity index is 1.23.